The zero-order chi connectivity index (χ0) is 19.6. The number of hydrogen-bond donors (Lipinski definition) is 0. The molecular weight excluding hydrogens is 367 g/mol. The first kappa shape index (κ1) is 19.1. The van der Waals surface area contributed by atoms with Gasteiger partial charge in [-0.15, -0.1) is 0 Å². The number of rotatable bonds is 3. The first-order valence-electron chi connectivity index (χ1n) is 9.86. The molecule has 2 saturated heterocycles. The molecule has 0 saturated carbocycles. The van der Waals surface area contributed by atoms with Gasteiger partial charge in [0.25, 0.3) is 0 Å². The fourth-order valence-corrected chi connectivity index (χ4v) is 4.10. The molecule has 2 aromatic heterocycles. The maximum Gasteiger partial charge on any atom is 0.433 e. The van der Waals surface area contributed by atoms with Gasteiger partial charge in [-0.25, -0.2) is 9.97 Å². The number of alkyl halides is 3. The van der Waals surface area contributed by atoms with Crippen LogP contribution in [0.1, 0.15) is 37.8 Å². The SMILES string of the molecule is FC(F)(F)c1cc(N2CCCCC(N3CCCC3)C2)nc(-c2ccncc2)n1. The number of aromatic nitrogens is 3. The van der Waals surface area contributed by atoms with Crippen LogP contribution in [0.4, 0.5) is 19.0 Å². The number of halogens is 3. The van der Waals surface area contributed by atoms with Crippen LogP contribution in [0.3, 0.4) is 0 Å². The highest BCUT2D eigenvalue weighted by atomic mass is 19.4. The minimum atomic E-state index is -4.51. The van der Waals surface area contributed by atoms with Crippen LogP contribution < -0.4 is 4.90 Å². The molecule has 2 aliphatic rings. The van der Waals surface area contributed by atoms with Crippen LogP contribution >= 0.6 is 0 Å². The van der Waals surface area contributed by atoms with Gasteiger partial charge in [-0.05, 0) is 50.9 Å². The lowest BCUT2D eigenvalue weighted by Crippen LogP contribution is -2.42. The third kappa shape index (κ3) is 4.27. The molecule has 0 radical (unpaired) electrons. The lowest BCUT2D eigenvalue weighted by atomic mass is 10.1. The van der Waals surface area contributed by atoms with Gasteiger partial charge in [-0.2, -0.15) is 13.2 Å². The third-order valence-electron chi connectivity index (χ3n) is 5.57. The molecule has 2 aromatic rings. The van der Waals surface area contributed by atoms with Crippen LogP contribution in [0, 0.1) is 0 Å². The van der Waals surface area contributed by atoms with Crippen molar-refractivity contribution in [3.63, 3.8) is 0 Å². The van der Waals surface area contributed by atoms with E-state index < -0.39 is 11.9 Å². The summed E-state index contributed by atoms with van der Waals surface area (Å²) in [5, 5.41) is 0. The van der Waals surface area contributed by atoms with Crippen molar-refractivity contribution < 1.29 is 13.2 Å². The number of pyridine rings is 1. The van der Waals surface area contributed by atoms with E-state index in [0.717, 1.165) is 38.4 Å². The Hall–Kier alpha value is -2.22. The van der Waals surface area contributed by atoms with Crippen molar-refractivity contribution in [2.45, 2.75) is 44.3 Å². The van der Waals surface area contributed by atoms with Crippen molar-refractivity contribution in [1.29, 1.82) is 0 Å². The van der Waals surface area contributed by atoms with E-state index in [1.807, 2.05) is 4.90 Å². The zero-order valence-corrected chi connectivity index (χ0v) is 15.7. The molecule has 28 heavy (non-hydrogen) atoms. The molecule has 150 valence electrons. The Morgan fingerprint density at radius 3 is 2.36 bits per heavy atom. The Labute approximate surface area is 162 Å². The van der Waals surface area contributed by atoms with E-state index in [4.69, 9.17) is 0 Å². The minimum absolute atomic E-state index is 0.0918. The Balaban J connectivity index is 1.68. The lowest BCUT2D eigenvalue weighted by Gasteiger charge is -2.31. The van der Waals surface area contributed by atoms with Crippen LogP contribution in [0.5, 0.6) is 0 Å². The fraction of sp³-hybridized carbons (Fsp3) is 0.550. The number of anilines is 1. The Morgan fingerprint density at radius 1 is 0.929 bits per heavy atom. The van der Waals surface area contributed by atoms with Crippen LogP contribution in [0.2, 0.25) is 0 Å². The minimum Gasteiger partial charge on any atom is -0.355 e. The van der Waals surface area contributed by atoms with E-state index in [1.165, 1.54) is 25.2 Å². The predicted octanol–water partition coefficient (Wildman–Crippen LogP) is 4.01. The second kappa shape index (κ2) is 8.03. The summed E-state index contributed by atoms with van der Waals surface area (Å²) in [6.07, 6.45) is 4.10. The van der Waals surface area contributed by atoms with E-state index in [1.54, 1.807) is 12.1 Å². The van der Waals surface area contributed by atoms with E-state index >= 15 is 0 Å². The highest BCUT2D eigenvalue weighted by molar-refractivity contribution is 5.57. The van der Waals surface area contributed by atoms with Crippen LogP contribution in [0.15, 0.2) is 30.6 Å². The second-order valence-corrected chi connectivity index (χ2v) is 7.51. The van der Waals surface area contributed by atoms with Gasteiger partial charge in [0.2, 0.25) is 0 Å². The molecule has 0 aliphatic carbocycles. The Bertz CT molecular complexity index is 790. The summed E-state index contributed by atoms with van der Waals surface area (Å²) in [5.74, 6) is 0.453. The Kier molecular flexibility index (Phi) is 5.48. The molecule has 2 aliphatic heterocycles. The van der Waals surface area contributed by atoms with Gasteiger partial charge in [0.1, 0.15) is 5.82 Å². The van der Waals surface area contributed by atoms with Crippen LogP contribution in [-0.4, -0.2) is 52.1 Å². The summed E-state index contributed by atoms with van der Waals surface area (Å²) in [4.78, 5) is 16.7. The molecule has 2 fully saturated rings. The topological polar surface area (TPSA) is 45.2 Å². The van der Waals surface area contributed by atoms with Crippen molar-refractivity contribution in [3.8, 4) is 11.4 Å². The van der Waals surface area contributed by atoms with E-state index in [0.29, 0.717) is 30.5 Å². The standard InChI is InChI=1S/C20H24F3N5/c21-20(22,23)17-13-18(26-19(25-17)15-6-8-24-9-7-15)28-12-2-1-5-16(14-28)27-10-3-4-11-27/h6-9,13,16H,1-5,10-12,14H2. The molecule has 4 rings (SSSR count). The smallest absolute Gasteiger partial charge is 0.355 e. The van der Waals surface area contributed by atoms with Crippen molar-refractivity contribution >= 4 is 5.82 Å². The van der Waals surface area contributed by atoms with E-state index in [2.05, 4.69) is 19.9 Å². The molecule has 0 N–H and O–H groups in total. The van der Waals surface area contributed by atoms with E-state index in [9.17, 15) is 13.2 Å². The molecular formula is C20H24F3N5. The van der Waals surface area contributed by atoms with Gasteiger partial charge in [0.05, 0.1) is 0 Å². The van der Waals surface area contributed by atoms with Gasteiger partial charge >= 0.3 is 6.18 Å². The molecule has 4 heterocycles. The summed E-state index contributed by atoms with van der Waals surface area (Å²) < 4.78 is 40.5. The van der Waals surface area contributed by atoms with Gasteiger partial charge < -0.3 is 4.90 Å². The van der Waals surface area contributed by atoms with Gasteiger partial charge in [0, 0.05) is 43.2 Å². The van der Waals surface area contributed by atoms with Crippen LogP contribution in [-0.2, 0) is 6.18 Å². The van der Waals surface area contributed by atoms with E-state index in [-0.39, 0.29) is 5.82 Å². The zero-order valence-electron chi connectivity index (χ0n) is 15.7. The lowest BCUT2D eigenvalue weighted by molar-refractivity contribution is -0.141. The summed E-state index contributed by atoms with van der Waals surface area (Å²) in [5.41, 5.74) is -0.362. The molecule has 0 bridgehead atoms. The molecule has 5 nitrogen and oxygen atoms in total. The monoisotopic (exact) mass is 391 g/mol. The summed E-state index contributed by atoms with van der Waals surface area (Å²) in [7, 11) is 0. The fourth-order valence-electron chi connectivity index (χ4n) is 4.10. The molecule has 0 amide bonds. The van der Waals surface area contributed by atoms with Crippen molar-refractivity contribution in [3.05, 3.63) is 36.3 Å². The normalized spacial score (nSPS) is 21.7. The maximum absolute atomic E-state index is 13.5. The average Bonchev–Trinajstić information content (AvgIpc) is 3.12. The molecule has 0 aromatic carbocycles. The number of likely N-dealkylation sites (tertiary alicyclic amines) is 1. The Morgan fingerprint density at radius 2 is 1.64 bits per heavy atom. The highest BCUT2D eigenvalue weighted by Crippen LogP contribution is 2.32. The average molecular weight is 391 g/mol. The summed E-state index contributed by atoms with van der Waals surface area (Å²) in [6.45, 7) is 3.59. The molecule has 8 heteroatoms. The molecule has 0 spiro atoms. The first-order valence-corrected chi connectivity index (χ1v) is 9.86. The largest absolute Gasteiger partial charge is 0.433 e. The quantitative estimate of drug-likeness (QED) is 0.791. The summed E-state index contributed by atoms with van der Waals surface area (Å²) in [6, 6.07) is 4.74. The van der Waals surface area contributed by atoms with Crippen molar-refractivity contribution in [1.82, 2.24) is 19.9 Å². The van der Waals surface area contributed by atoms with Crippen molar-refractivity contribution in [2.24, 2.45) is 0 Å². The first-order chi connectivity index (χ1) is 13.5. The van der Waals surface area contributed by atoms with Gasteiger partial charge in [-0.3, -0.25) is 9.88 Å². The van der Waals surface area contributed by atoms with Crippen molar-refractivity contribution in [2.75, 3.05) is 31.1 Å². The number of nitrogens with zero attached hydrogens (tertiary/aromatic N) is 5. The predicted molar refractivity (Wildman–Crippen MR) is 101 cm³/mol. The van der Waals surface area contributed by atoms with Gasteiger partial charge in [-0.1, -0.05) is 6.42 Å². The van der Waals surface area contributed by atoms with Gasteiger partial charge in [0.15, 0.2) is 11.5 Å². The maximum atomic E-state index is 13.5. The summed E-state index contributed by atoms with van der Waals surface area (Å²) >= 11 is 0. The van der Waals surface area contributed by atoms with Crippen LogP contribution in [0.25, 0.3) is 11.4 Å². The molecule has 1 unspecified atom stereocenters. The third-order valence-corrected chi connectivity index (χ3v) is 5.57. The number of hydrogen-bond acceptors (Lipinski definition) is 5. The second-order valence-electron chi connectivity index (χ2n) is 7.51. The molecule has 1 atom stereocenters. The highest BCUT2D eigenvalue weighted by Gasteiger charge is 2.35.